The van der Waals surface area contributed by atoms with E-state index in [0.717, 1.165) is 36.0 Å². The third kappa shape index (κ3) is 3.97. The summed E-state index contributed by atoms with van der Waals surface area (Å²) in [5.74, 6) is 1.32. The van der Waals surface area contributed by atoms with E-state index in [2.05, 4.69) is 31.0 Å². The van der Waals surface area contributed by atoms with Gasteiger partial charge in [0, 0.05) is 42.8 Å². The van der Waals surface area contributed by atoms with Crippen LogP contribution in [-0.4, -0.2) is 64.7 Å². The third-order valence-electron chi connectivity index (χ3n) is 4.80. The minimum Gasteiger partial charge on any atom is -0.368 e. The van der Waals surface area contributed by atoms with Crippen molar-refractivity contribution in [3.8, 4) is 11.4 Å². The van der Waals surface area contributed by atoms with E-state index in [4.69, 9.17) is 9.26 Å². The van der Waals surface area contributed by atoms with E-state index in [1.807, 2.05) is 29.2 Å². The first-order valence-corrected chi connectivity index (χ1v) is 9.69. The molecule has 0 N–H and O–H groups in total. The monoisotopic (exact) mass is 420 g/mol. The summed E-state index contributed by atoms with van der Waals surface area (Å²) >= 11 is 3.45. The molecule has 2 fully saturated rings. The Labute approximate surface area is 160 Å². The van der Waals surface area contributed by atoms with Crippen molar-refractivity contribution in [3.05, 3.63) is 34.6 Å². The Bertz CT molecular complexity index is 767. The molecule has 0 saturated carbocycles. The second-order valence-electron chi connectivity index (χ2n) is 6.63. The van der Waals surface area contributed by atoms with E-state index in [0.29, 0.717) is 38.0 Å². The number of halogens is 1. The molecule has 1 unspecified atom stereocenters. The van der Waals surface area contributed by atoms with Crippen molar-refractivity contribution < 1.29 is 14.1 Å². The molecular formula is C18H21BrN4O3. The van der Waals surface area contributed by atoms with E-state index >= 15 is 0 Å². The lowest BCUT2D eigenvalue weighted by molar-refractivity contribution is -0.142. The number of carbonyl (C=O) groups is 1. The fourth-order valence-corrected chi connectivity index (χ4v) is 3.76. The number of aromatic nitrogens is 2. The van der Waals surface area contributed by atoms with Crippen LogP contribution < -0.4 is 0 Å². The number of hydrogen-bond acceptors (Lipinski definition) is 6. The number of nitrogens with zero attached hydrogens (tertiary/aromatic N) is 4. The lowest BCUT2D eigenvalue weighted by Crippen LogP contribution is -2.51. The molecule has 2 aromatic rings. The molecule has 1 atom stereocenters. The number of carbonyl (C=O) groups excluding carboxylic acids is 1. The van der Waals surface area contributed by atoms with Gasteiger partial charge in [0.2, 0.25) is 11.7 Å². The summed E-state index contributed by atoms with van der Waals surface area (Å²) in [5, 5.41) is 4.07. The van der Waals surface area contributed by atoms with Gasteiger partial charge in [0.25, 0.3) is 5.91 Å². The molecular weight excluding hydrogens is 400 g/mol. The van der Waals surface area contributed by atoms with Gasteiger partial charge in [-0.15, -0.1) is 0 Å². The van der Waals surface area contributed by atoms with Gasteiger partial charge < -0.3 is 14.2 Å². The van der Waals surface area contributed by atoms with Crippen LogP contribution in [0.3, 0.4) is 0 Å². The van der Waals surface area contributed by atoms with Crippen molar-refractivity contribution in [2.75, 3.05) is 32.8 Å². The lowest BCUT2D eigenvalue weighted by atomic mass is 10.2. The normalized spacial score (nSPS) is 21.3. The summed E-state index contributed by atoms with van der Waals surface area (Å²) in [6.07, 6.45) is 1.60. The summed E-state index contributed by atoms with van der Waals surface area (Å²) in [5.41, 5.74) is 0.918. The Morgan fingerprint density at radius 2 is 2.12 bits per heavy atom. The maximum Gasteiger partial charge on any atom is 0.251 e. The number of amides is 1. The number of rotatable bonds is 4. The van der Waals surface area contributed by atoms with Crippen molar-refractivity contribution in [3.63, 3.8) is 0 Å². The molecule has 1 amide bonds. The topological polar surface area (TPSA) is 71.7 Å². The first kappa shape index (κ1) is 17.6. The van der Waals surface area contributed by atoms with Gasteiger partial charge in [-0.05, 0) is 25.0 Å². The first-order valence-electron chi connectivity index (χ1n) is 8.90. The molecule has 1 aromatic carbocycles. The number of piperazine rings is 1. The predicted octanol–water partition coefficient (Wildman–Crippen LogP) is 2.32. The molecule has 0 aliphatic carbocycles. The average Bonchev–Trinajstić information content (AvgIpc) is 3.34. The summed E-state index contributed by atoms with van der Waals surface area (Å²) in [6.45, 7) is 4.33. The Kier molecular flexibility index (Phi) is 5.33. The minimum atomic E-state index is -0.231. The highest BCUT2D eigenvalue weighted by atomic mass is 79.9. The molecule has 0 spiro atoms. The van der Waals surface area contributed by atoms with Crippen LogP contribution in [0.4, 0.5) is 0 Å². The zero-order chi connectivity index (χ0) is 17.9. The van der Waals surface area contributed by atoms with Crippen LogP contribution in [0, 0.1) is 0 Å². The smallest absolute Gasteiger partial charge is 0.251 e. The standard InChI is InChI=1S/C18H21BrN4O3/c19-14-4-1-3-13(11-14)17-20-16(26-21-17)12-22-6-8-23(9-7-22)18(24)15-5-2-10-25-15/h1,3-4,11,15H,2,5-10,12H2. The van der Waals surface area contributed by atoms with Crippen LogP contribution in [0.15, 0.2) is 33.3 Å². The SMILES string of the molecule is O=C(C1CCCO1)N1CCN(Cc2nc(-c3cccc(Br)c3)no2)CC1. The van der Waals surface area contributed by atoms with Crippen LogP contribution in [0.5, 0.6) is 0 Å². The fraction of sp³-hybridized carbons (Fsp3) is 0.500. The highest BCUT2D eigenvalue weighted by Crippen LogP contribution is 2.21. The van der Waals surface area contributed by atoms with Crippen LogP contribution in [0.25, 0.3) is 11.4 Å². The number of ether oxygens (including phenoxy) is 1. The van der Waals surface area contributed by atoms with Gasteiger partial charge in [0.15, 0.2) is 0 Å². The van der Waals surface area contributed by atoms with Crippen molar-refractivity contribution in [2.45, 2.75) is 25.5 Å². The highest BCUT2D eigenvalue weighted by Gasteiger charge is 2.30. The fourth-order valence-electron chi connectivity index (χ4n) is 3.36. The summed E-state index contributed by atoms with van der Waals surface area (Å²) < 4.78 is 11.9. The molecule has 0 bridgehead atoms. The molecule has 138 valence electrons. The number of benzene rings is 1. The zero-order valence-electron chi connectivity index (χ0n) is 14.4. The number of hydrogen-bond donors (Lipinski definition) is 0. The molecule has 2 saturated heterocycles. The van der Waals surface area contributed by atoms with Crippen LogP contribution in [0.1, 0.15) is 18.7 Å². The van der Waals surface area contributed by atoms with Crippen molar-refractivity contribution in [2.24, 2.45) is 0 Å². The van der Waals surface area contributed by atoms with Crippen molar-refractivity contribution in [1.29, 1.82) is 0 Å². The van der Waals surface area contributed by atoms with Gasteiger partial charge in [-0.2, -0.15) is 4.98 Å². The van der Waals surface area contributed by atoms with E-state index < -0.39 is 0 Å². The lowest BCUT2D eigenvalue weighted by Gasteiger charge is -2.35. The largest absolute Gasteiger partial charge is 0.368 e. The second-order valence-corrected chi connectivity index (χ2v) is 7.54. The van der Waals surface area contributed by atoms with E-state index in [1.54, 1.807) is 0 Å². The molecule has 26 heavy (non-hydrogen) atoms. The van der Waals surface area contributed by atoms with Gasteiger partial charge in [0.05, 0.1) is 6.54 Å². The van der Waals surface area contributed by atoms with Gasteiger partial charge >= 0.3 is 0 Å². The second kappa shape index (κ2) is 7.85. The quantitative estimate of drug-likeness (QED) is 0.755. The van der Waals surface area contributed by atoms with E-state index in [9.17, 15) is 4.79 Å². The molecule has 4 rings (SSSR count). The Morgan fingerprint density at radius 3 is 2.85 bits per heavy atom. The molecule has 0 radical (unpaired) electrons. The molecule has 2 aliphatic heterocycles. The summed E-state index contributed by atoms with van der Waals surface area (Å²) in [4.78, 5) is 21.0. The van der Waals surface area contributed by atoms with Crippen molar-refractivity contribution >= 4 is 21.8 Å². The summed E-state index contributed by atoms with van der Waals surface area (Å²) in [7, 11) is 0. The maximum absolute atomic E-state index is 12.4. The van der Waals surface area contributed by atoms with Crippen LogP contribution >= 0.6 is 15.9 Å². The molecule has 1 aromatic heterocycles. The van der Waals surface area contributed by atoms with Gasteiger partial charge in [-0.1, -0.05) is 33.2 Å². The Balaban J connectivity index is 1.31. The molecule has 7 nitrogen and oxygen atoms in total. The van der Waals surface area contributed by atoms with E-state index in [1.165, 1.54) is 0 Å². The predicted molar refractivity (Wildman–Crippen MR) is 98.3 cm³/mol. The maximum atomic E-state index is 12.4. The molecule has 2 aliphatic rings. The third-order valence-corrected chi connectivity index (χ3v) is 5.29. The zero-order valence-corrected chi connectivity index (χ0v) is 16.0. The minimum absolute atomic E-state index is 0.136. The van der Waals surface area contributed by atoms with Crippen LogP contribution in [0.2, 0.25) is 0 Å². The Morgan fingerprint density at radius 1 is 1.27 bits per heavy atom. The van der Waals surface area contributed by atoms with Crippen LogP contribution in [-0.2, 0) is 16.1 Å². The highest BCUT2D eigenvalue weighted by molar-refractivity contribution is 9.10. The average molecular weight is 421 g/mol. The van der Waals surface area contributed by atoms with Gasteiger partial charge in [-0.3, -0.25) is 9.69 Å². The van der Waals surface area contributed by atoms with Gasteiger partial charge in [-0.25, -0.2) is 0 Å². The van der Waals surface area contributed by atoms with Crippen molar-refractivity contribution in [1.82, 2.24) is 19.9 Å². The molecule has 3 heterocycles. The van der Waals surface area contributed by atoms with E-state index in [-0.39, 0.29) is 12.0 Å². The van der Waals surface area contributed by atoms with Gasteiger partial charge in [0.1, 0.15) is 6.10 Å². The first-order chi connectivity index (χ1) is 12.7. The summed E-state index contributed by atoms with van der Waals surface area (Å²) in [6, 6.07) is 7.82. The molecule has 8 heteroatoms. The Hall–Kier alpha value is -1.77.